The number of aromatic hydroxyl groups is 1. The number of halogens is 1. The Balaban J connectivity index is 2.47. The first-order chi connectivity index (χ1) is 7.69. The minimum Gasteiger partial charge on any atom is -0.493 e. The summed E-state index contributed by atoms with van der Waals surface area (Å²) >= 11 is 5.64. The van der Waals surface area contributed by atoms with Gasteiger partial charge >= 0.3 is 0 Å². The number of aromatic nitrogens is 3. The lowest BCUT2D eigenvalue weighted by atomic mass is 10.3. The Hall–Kier alpha value is -1.88. The maximum Gasteiger partial charge on any atom is 0.214 e. The molecule has 0 amide bonds. The molecule has 5 nitrogen and oxygen atoms in total. The van der Waals surface area contributed by atoms with Gasteiger partial charge in [0.15, 0.2) is 5.82 Å². The zero-order chi connectivity index (χ0) is 11.5. The summed E-state index contributed by atoms with van der Waals surface area (Å²) in [4.78, 5) is 12.1. The van der Waals surface area contributed by atoms with Gasteiger partial charge in [0.1, 0.15) is 5.69 Å². The molecule has 0 saturated carbocycles. The Morgan fingerprint density at radius 1 is 1.31 bits per heavy atom. The predicted octanol–water partition coefficient (Wildman–Crippen LogP) is 1.57. The molecule has 0 radical (unpaired) electrons. The zero-order valence-electron chi connectivity index (χ0n) is 8.26. The van der Waals surface area contributed by atoms with Crippen molar-refractivity contribution in [2.45, 2.75) is 5.88 Å². The van der Waals surface area contributed by atoms with Crippen molar-refractivity contribution in [3.8, 4) is 17.4 Å². The molecule has 0 aliphatic carbocycles. The number of hydrogen-bond acceptors (Lipinski definition) is 5. The van der Waals surface area contributed by atoms with Gasteiger partial charge in [-0.1, -0.05) is 0 Å². The molecule has 0 aliphatic rings. The van der Waals surface area contributed by atoms with Crippen LogP contribution < -0.4 is 5.73 Å². The monoisotopic (exact) mass is 236 g/mol. The van der Waals surface area contributed by atoms with Gasteiger partial charge in [-0.25, -0.2) is 4.98 Å². The van der Waals surface area contributed by atoms with Crippen molar-refractivity contribution in [1.82, 2.24) is 15.0 Å². The van der Waals surface area contributed by atoms with E-state index in [9.17, 15) is 5.11 Å². The molecule has 0 saturated heterocycles. The van der Waals surface area contributed by atoms with Gasteiger partial charge in [-0.3, -0.25) is 4.98 Å². The highest BCUT2D eigenvalue weighted by molar-refractivity contribution is 6.16. The fourth-order valence-electron chi connectivity index (χ4n) is 1.20. The number of hydrogen-bond donors (Lipinski definition) is 2. The summed E-state index contributed by atoms with van der Waals surface area (Å²) in [5.74, 6) is 0.410. The van der Waals surface area contributed by atoms with Crippen molar-refractivity contribution in [1.29, 1.82) is 0 Å². The summed E-state index contributed by atoms with van der Waals surface area (Å²) in [6, 6.07) is 4.78. The maximum atomic E-state index is 9.38. The molecule has 16 heavy (non-hydrogen) atoms. The highest BCUT2D eigenvalue weighted by atomic mass is 35.5. The van der Waals surface area contributed by atoms with Gasteiger partial charge in [-0.15, -0.1) is 11.6 Å². The van der Waals surface area contributed by atoms with Gasteiger partial charge < -0.3 is 10.8 Å². The number of nitrogens with two attached hydrogens (primary N) is 1. The number of nitrogens with zero attached hydrogens (tertiary/aromatic N) is 3. The normalized spacial score (nSPS) is 10.3. The van der Waals surface area contributed by atoms with Crippen LogP contribution in [-0.2, 0) is 5.88 Å². The van der Waals surface area contributed by atoms with E-state index in [1.807, 2.05) is 0 Å². The van der Waals surface area contributed by atoms with E-state index in [1.54, 1.807) is 12.1 Å². The van der Waals surface area contributed by atoms with Crippen molar-refractivity contribution in [2.24, 2.45) is 0 Å². The van der Waals surface area contributed by atoms with Crippen LogP contribution in [0.3, 0.4) is 0 Å². The molecule has 2 aromatic heterocycles. The van der Waals surface area contributed by atoms with Gasteiger partial charge in [0.25, 0.3) is 0 Å². The average molecular weight is 237 g/mol. The summed E-state index contributed by atoms with van der Waals surface area (Å²) in [6.45, 7) is 0. The van der Waals surface area contributed by atoms with E-state index >= 15 is 0 Å². The molecule has 0 aliphatic heterocycles. The first-order valence-corrected chi connectivity index (χ1v) is 5.07. The van der Waals surface area contributed by atoms with Crippen LogP contribution in [0, 0.1) is 0 Å². The summed E-state index contributed by atoms with van der Waals surface area (Å²) in [5.41, 5.74) is 7.16. The summed E-state index contributed by atoms with van der Waals surface area (Å²) < 4.78 is 0. The van der Waals surface area contributed by atoms with Crippen molar-refractivity contribution in [3.63, 3.8) is 0 Å². The second kappa shape index (κ2) is 4.32. The number of anilines is 1. The molecule has 0 unspecified atom stereocenters. The fraction of sp³-hybridized carbons (Fsp3) is 0.100. The van der Waals surface area contributed by atoms with E-state index in [-0.39, 0.29) is 11.8 Å². The second-order valence-corrected chi connectivity index (χ2v) is 3.42. The molecule has 6 heteroatoms. The van der Waals surface area contributed by atoms with E-state index in [0.29, 0.717) is 22.9 Å². The third-order valence-electron chi connectivity index (χ3n) is 1.92. The summed E-state index contributed by atoms with van der Waals surface area (Å²) in [5, 5.41) is 9.38. The minimum atomic E-state index is -0.126. The molecular weight excluding hydrogens is 228 g/mol. The molecule has 0 spiro atoms. The van der Waals surface area contributed by atoms with Crippen LogP contribution in [0.25, 0.3) is 11.5 Å². The predicted molar refractivity (Wildman–Crippen MR) is 60.9 cm³/mol. The first kappa shape index (κ1) is 10.6. The molecule has 2 heterocycles. The SMILES string of the molecule is Nc1ccc(-c2nc(O)cc(CCl)n2)nc1. The van der Waals surface area contributed by atoms with Gasteiger partial charge in [0, 0.05) is 6.07 Å². The quantitative estimate of drug-likeness (QED) is 0.773. The largest absolute Gasteiger partial charge is 0.493 e. The first-order valence-electron chi connectivity index (χ1n) is 4.54. The van der Waals surface area contributed by atoms with Crippen molar-refractivity contribution in [3.05, 3.63) is 30.1 Å². The van der Waals surface area contributed by atoms with Crippen molar-refractivity contribution < 1.29 is 5.11 Å². The van der Waals surface area contributed by atoms with Crippen LogP contribution >= 0.6 is 11.6 Å². The molecular formula is C10H9ClN4O. The Morgan fingerprint density at radius 3 is 2.75 bits per heavy atom. The number of alkyl halides is 1. The summed E-state index contributed by atoms with van der Waals surface area (Å²) in [7, 11) is 0. The van der Waals surface area contributed by atoms with Crippen molar-refractivity contribution in [2.75, 3.05) is 5.73 Å². The number of nitrogen functional groups attached to an aromatic ring is 1. The molecule has 2 rings (SSSR count). The summed E-state index contributed by atoms with van der Waals surface area (Å²) in [6.07, 6.45) is 1.50. The smallest absolute Gasteiger partial charge is 0.214 e. The Bertz CT molecular complexity index is 501. The third kappa shape index (κ3) is 2.20. The second-order valence-electron chi connectivity index (χ2n) is 3.15. The number of rotatable bonds is 2. The van der Waals surface area contributed by atoms with E-state index < -0.39 is 0 Å². The third-order valence-corrected chi connectivity index (χ3v) is 2.19. The van der Waals surface area contributed by atoms with Crippen molar-refractivity contribution >= 4 is 17.3 Å². The molecule has 0 fully saturated rings. The minimum absolute atomic E-state index is 0.126. The standard InChI is InChI=1S/C10H9ClN4O/c11-4-7-3-9(16)15-10(14-7)8-2-1-6(12)5-13-8/h1-3,5H,4,12H2,(H,14,15,16). The Kier molecular flexibility index (Phi) is 2.87. The van der Waals surface area contributed by atoms with Crippen LogP contribution in [0.15, 0.2) is 24.4 Å². The molecule has 2 aromatic rings. The van der Waals surface area contributed by atoms with E-state index in [0.717, 1.165) is 0 Å². The van der Waals surface area contributed by atoms with Crippen LogP contribution in [-0.4, -0.2) is 20.1 Å². The molecule has 0 atom stereocenters. The highest BCUT2D eigenvalue weighted by Crippen LogP contribution is 2.17. The van der Waals surface area contributed by atoms with Crippen LogP contribution in [0.1, 0.15) is 5.69 Å². The molecule has 0 bridgehead atoms. The van der Waals surface area contributed by atoms with Crippen LogP contribution in [0.4, 0.5) is 5.69 Å². The maximum absolute atomic E-state index is 9.38. The van der Waals surface area contributed by atoms with Gasteiger partial charge in [-0.05, 0) is 12.1 Å². The topological polar surface area (TPSA) is 84.9 Å². The van der Waals surface area contributed by atoms with Gasteiger partial charge in [-0.2, -0.15) is 4.98 Å². The van der Waals surface area contributed by atoms with E-state index in [2.05, 4.69) is 15.0 Å². The number of pyridine rings is 1. The fourth-order valence-corrected chi connectivity index (χ4v) is 1.34. The van der Waals surface area contributed by atoms with Crippen LogP contribution in [0.2, 0.25) is 0 Å². The zero-order valence-corrected chi connectivity index (χ0v) is 9.02. The lowest BCUT2D eigenvalue weighted by Gasteiger charge is -2.02. The molecule has 0 aromatic carbocycles. The van der Waals surface area contributed by atoms with Crippen LogP contribution in [0.5, 0.6) is 5.88 Å². The average Bonchev–Trinajstić information content (AvgIpc) is 2.29. The Labute approximate surface area is 96.9 Å². The highest BCUT2D eigenvalue weighted by Gasteiger charge is 2.06. The van der Waals surface area contributed by atoms with E-state index in [1.165, 1.54) is 12.3 Å². The Morgan fingerprint density at radius 2 is 2.12 bits per heavy atom. The molecule has 3 N–H and O–H groups in total. The van der Waals surface area contributed by atoms with Gasteiger partial charge in [0.2, 0.25) is 5.88 Å². The lowest BCUT2D eigenvalue weighted by molar-refractivity contribution is 0.452. The van der Waals surface area contributed by atoms with Gasteiger partial charge in [0.05, 0.1) is 23.5 Å². The lowest BCUT2D eigenvalue weighted by Crippen LogP contribution is -1.96. The molecule has 82 valence electrons. The van der Waals surface area contributed by atoms with E-state index in [4.69, 9.17) is 17.3 Å².